The van der Waals surface area contributed by atoms with E-state index in [2.05, 4.69) is 11.9 Å². The van der Waals surface area contributed by atoms with Gasteiger partial charge in [-0.05, 0) is 13.0 Å². The average molecular weight is 197 g/mol. The Labute approximate surface area is 85.8 Å². The normalized spacial score (nSPS) is 21.3. The van der Waals surface area contributed by atoms with Crippen molar-refractivity contribution in [2.24, 2.45) is 0 Å². The van der Waals surface area contributed by atoms with Gasteiger partial charge >= 0.3 is 0 Å². The highest BCUT2D eigenvalue weighted by atomic mass is 16.6. The van der Waals surface area contributed by atoms with Gasteiger partial charge in [-0.25, -0.2) is 0 Å². The molecule has 0 saturated carbocycles. The van der Waals surface area contributed by atoms with E-state index >= 15 is 0 Å². The summed E-state index contributed by atoms with van der Waals surface area (Å²) in [5.74, 6) is 0.679. The van der Waals surface area contributed by atoms with Gasteiger partial charge in [-0.15, -0.1) is 0 Å². The van der Waals surface area contributed by atoms with E-state index in [4.69, 9.17) is 9.84 Å². The van der Waals surface area contributed by atoms with Crippen molar-refractivity contribution in [3.8, 4) is 0 Å². The molecule has 80 valence electrons. The molecule has 0 spiro atoms. The third-order valence-corrected chi connectivity index (χ3v) is 1.59. The molecular formula is C11H19NO2. The van der Waals surface area contributed by atoms with Gasteiger partial charge in [-0.2, -0.15) is 0 Å². The first-order valence-corrected chi connectivity index (χ1v) is 4.84. The topological polar surface area (TPSA) is 41.5 Å². The van der Waals surface area contributed by atoms with Crippen LogP contribution >= 0.6 is 0 Å². The minimum absolute atomic E-state index is 0.588. The molecule has 0 saturated heterocycles. The molecule has 0 aromatic heterocycles. The van der Waals surface area contributed by atoms with Gasteiger partial charge in [0.15, 0.2) is 0 Å². The standard InChI is InChI=1S/C9H13NO2.C2H6/c1-3-5-8-7(4-2)6-10-9(11)12-8;1-2/h3-5,9-11H,2,6H2,1H3;1-2H3/b5-3-;. The van der Waals surface area contributed by atoms with E-state index in [1.54, 1.807) is 12.2 Å². The molecule has 3 nitrogen and oxygen atoms in total. The number of ether oxygens (including phenoxy) is 1. The van der Waals surface area contributed by atoms with Crippen LogP contribution in [0, 0.1) is 0 Å². The number of aliphatic hydroxyl groups excluding tert-OH is 1. The van der Waals surface area contributed by atoms with Gasteiger partial charge in [0.2, 0.25) is 0 Å². The van der Waals surface area contributed by atoms with Gasteiger partial charge in [-0.1, -0.05) is 32.6 Å². The van der Waals surface area contributed by atoms with E-state index in [9.17, 15) is 0 Å². The SMILES string of the molecule is C=CC1=C(/C=C\C)OC(O)NC1.CC. The second-order valence-corrected chi connectivity index (χ2v) is 2.44. The molecule has 1 atom stereocenters. The first kappa shape index (κ1) is 12.9. The van der Waals surface area contributed by atoms with Crippen LogP contribution in [0.4, 0.5) is 0 Å². The summed E-state index contributed by atoms with van der Waals surface area (Å²) >= 11 is 0. The van der Waals surface area contributed by atoms with Crippen molar-refractivity contribution in [2.45, 2.75) is 27.2 Å². The van der Waals surface area contributed by atoms with Crippen molar-refractivity contribution < 1.29 is 9.84 Å². The third kappa shape index (κ3) is 3.77. The van der Waals surface area contributed by atoms with Crippen LogP contribution in [0.1, 0.15) is 20.8 Å². The van der Waals surface area contributed by atoms with Crippen molar-refractivity contribution in [3.63, 3.8) is 0 Å². The Morgan fingerprint density at radius 2 is 2.21 bits per heavy atom. The Hall–Kier alpha value is -1.06. The van der Waals surface area contributed by atoms with Crippen LogP contribution in [-0.2, 0) is 4.74 Å². The first-order chi connectivity index (χ1) is 6.77. The molecule has 0 bridgehead atoms. The van der Waals surface area contributed by atoms with Gasteiger partial charge in [0.1, 0.15) is 5.76 Å². The lowest BCUT2D eigenvalue weighted by Crippen LogP contribution is -2.36. The van der Waals surface area contributed by atoms with Crippen molar-refractivity contribution >= 4 is 0 Å². The maximum absolute atomic E-state index is 9.08. The van der Waals surface area contributed by atoms with Crippen LogP contribution in [0.3, 0.4) is 0 Å². The molecule has 3 heteroatoms. The summed E-state index contributed by atoms with van der Waals surface area (Å²) in [6.45, 7) is 10.1. The molecule has 0 fully saturated rings. The molecule has 2 N–H and O–H groups in total. The van der Waals surface area contributed by atoms with Crippen LogP contribution < -0.4 is 5.32 Å². The highest BCUT2D eigenvalue weighted by molar-refractivity contribution is 5.30. The van der Waals surface area contributed by atoms with Gasteiger partial charge in [0.05, 0.1) is 0 Å². The zero-order chi connectivity index (χ0) is 11.0. The number of allylic oxidation sites excluding steroid dienone is 2. The summed E-state index contributed by atoms with van der Waals surface area (Å²) in [6, 6.07) is 0. The second-order valence-electron chi connectivity index (χ2n) is 2.44. The van der Waals surface area contributed by atoms with E-state index in [0.29, 0.717) is 12.3 Å². The summed E-state index contributed by atoms with van der Waals surface area (Å²) < 4.78 is 5.10. The van der Waals surface area contributed by atoms with Crippen molar-refractivity contribution in [2.75, 3.05) is 6.54 Å². The molecule has 1 aliphatic rings. The lowest BCUT2D eigenvalue weighted by atomic mass is 10.2. The van der Waals surface area contributed by atoms with E-state index in [1.807, 2.05) is 26.8 Å². The van der Waals surface area contributed by atoms with E-state index < -0.39 is 6.41 Å². The minimum atomic E-state index is -0.903. The minimum Gasteiger partial charge on any atom is -0.451 e. The molecule has 0 aromatic rings. The molecule has 1 aliphatic heterocycles. The third-order valence-electron chi connectivity index (χ3n) is 1.59. The summed E-state index contributed by atoms with van der Waals surface area (Å²) in [5, 5.41) is 11.8. The summed E-state index contributed by atoms with van der Waals surface area (Å²) in [6.07, 6.45) is 4.48. The quantitative estimate of drug-likeness (QED) is 0.710. The average Bonchev–Trinajstić information content (AvgIpc) is 2.22. The number of hydrogen-bond acceptors (Lipinski definition) is 3. The van der Waals surface area contributed by atoms with Crippen molar-refractivity contribution in [3.05, 3.63) is 36.1 Å². The molecule has 1 rings (SSSR count). The summed E-state index contributed by atoms with van der Waals surface area (Å²) in [4.78, 5) is 0. The molecule has 1 unspecified atom stereocenters. The van der Waals surface area contributed by atoms with Gasteiger partial charge in [0.25, 0.3) is 6.41 Å². The zero-order valence-corrected chi connectivity index (χ0v) is 9.08. The van der Waals surface area contributed by atoms with Crippen LogP contribution in [-0.4, -0.2) is 18.1 Å². The first-order valence-electron chi connectivity index (χ1n) is 4.84. The van der Waals surface area contributed by atoms with Gasteiger partial charge in [-0.3, -0.25) is 5.32 Å². The summed E-state index contributed by atoms with van der Waals surface area (Å²) in [5.41, 5.74) is 0.957. The van der Waals surface area contributed by atoms with Gasteiger partial charge in [0, 0.05) is 12.1 Å². The molecule has 14 heavy (non-hydrogen) atoms. The Kier molecular flexibility index (Phi) is 6.80. The predicted molar refractivity (Wildman–Crippen MR) is 58.5 cm³/mol. The lowest BCUT2D eigenvalue weighted by Gasteiger charge is -2.23. The number of nitrogens with one attached hydrogen (secondary N) is 1. The zero-order valence-electron chi connectivity index (χ0n) is 9.08. The maximum Gasteiger partial charge on any atom is 0.257 e. The van der Waals surface area contributed by atoms with E-state index in [1.165, 1.54) is 0 Å². The largest absolute Gasteiger partial charge is 0.451 e. The fraction of sp³-hybridized carbons (Fsp3) is 0.455. The Morgan fingerprint density at radius 1 is 1.57 bits per heavy atom. The monoisotopic (exact) mass is 197 g/mol. The van der Waals surface area contributed by atoms with Gasteiger partial charge < -0.3 is 9.84 Å². The Balaban J connectivity index is 0.000000791. The highest BCUT2D eigenvalue weighted by Gasteiger charge is 2.14. The van der Waals surface area contributed by atoms with Crippen molar-refractivity contribution in [1.29, 1.82) is 0 Å². The van der Waals surface area contributed by atoms with Crippen LogP contribution in [0.25, 0.3) is 0 Å². The molecule has 0 amide bonds. The smallest absolute Gasteiger partial charge is 0.257 e. The molecular weight excluding hydrogens is 178 g/mol. The molecule has 0 aliphatic carbocycles. The molecule has 0 aromatic carbocycles. The number of hydrogen-bond donors (Lipinski definition) is 2. The van der Waals surface area contributed by atoms with Crippen LogP contribution in [0.5, 0.6) is 0 Å². The molecule has 1 heterocycles. The highest BCUT2D eigenvalue weighted by Crippen LogP contribution is 2.14. The molecule has 0 radical (unpaired) electrons. The van der Waals surface area contributed by atoms with Crippen LogP contribution in [0.2, 0.25) is 0 Å². The number of aliphatic hydroxyl groups is 1. The second kappa shape index (κ2) is 7.35. The van der Waals surface area contributed by atoms with Crippen molar-refractivity contribution in [1.82, 2.24) is 5.32 Å². The Morgan fingerprint density at radius 3 is 2.71 bits per heavy atom. The van der Waals surface area contributed by atoms with Crippen LogP contribution in [0.15, 0.2) is 36.1 Å². The number of rotatable bonds is 2. The maximum atomic E-state index is 9.08. The van der Waals surface area contributed by atoms with E-state index in [0.717, 1.165) is 5.57 Å². The fourth-order valence-corrected chi connectivity index (χ4v) is 0.992. The lowest BCUT2D eigenvalue weighted by molar-refractivity contribution is -0.0912. The van der Waals surface area contributed by atoms with E-state index in [-0.39, 0.29) is 0 Å². The predicted octanol–water partition coefficient (Wildman–Crippen LogP) is 1.92. The Bertz CT molecular complexity index is 231. The fourth-order valence-electron chi connectivity index (χ4n) is 0.992. The summed E-state index contributed by atoms with van der Waals surface area (Å²) in [7, 11) is 0.